The Hall–Kier alpha value is -0.970. The normalized spacial score (nSPS) is 15.7. The van der Waals surface area contributed by atoms with E-state index in [0.717, 1.165) is 24.0 Å². The Labute approximate surface area is 87.8 Å². The van der Waals surface area contributed by atoms with E-state index in [4.69, 9.17) is 0 Å². The Morgan fingerprint density at radius 3 is 3.07 bits per heavy atom. The lowest BCUT2D eigenvalue weighted by Gasteiger charge is -2.04. The average Bonchev–Trinajstić information content (AvgIpc) is 2.77. The number of rotatable bonds is 2. The second-order valence-corrected chi connectivity index (χ2v) is 4.35. The topological polar surface area (TPSA) is 42.2 Å². The van der Waals surface area contributed by atoms with Gasteiger partial charge in [0.25, 0.3) is 0 Å². The summed E-state index contributed by atoms with van der Waals surface area (Å²) in [4.78, 5) is 4.33. The van der Waals surface area contributed by atoms with E-state index < -0.39 is 0 Å². The molecule has 0 saturated heterocycles. The molecule has 0 fully saturated rings. The van der Waals surface area contributed by atoms with Gasteiger partial charge in [-0.2, -0.15) is 5.10 Å². The Kier molecular flexibility index (Phi) is 2.77. The van der Waals surface area contributed by atoms with Crippen molar-refractivity contribution in [2.24, 2.45) is 12.0 Å². The third-order valence-corrected chi connectivity index (χ3v) is 3.29. The first-order valence-electron chi connectivity index (χ1n) is 4.66. The third-order valence-electron chi connectivity index (χ3n) is 2.35. The van der Waals surface area contributed by atoms with Crippen LogP contribution in [-0.2, 0) is 13.6 Å². The van der Waals surface area contributed by atoms with Crippen LogP contribution in [0.25, 0.3) is 0 Å². The summed E-state index contributed by atoms with van der Waals surface area (Å²) in [6.45, 7) is 3.85. The van der Waals surface area contributed by atoms with Crippen molar-refractivity contribution in [2.75, 3.05) is 12.3 Å². The van der Waals surface area contributed by atoms with Crippen molar-refractivity contribution in [3.8, 4) is 0 Å². The summed E-state index contributed by atoms with van der Waals surface area (Å²) in [5, 5.41) is 8.57. The highest BCUT2D eigenvalue weighted by molar-refractivity contribution is 8.14. The zero-order valence-corrected chi connectivity index (χ0v) is 9.27. The van der Waals surface area contributed by atoms with Crippen molar-refractivity contribution in [3.05, 3.63) is 17.5 Å². The second-order valence-electron chi connectivity index (χ2n) is 3.27. The molecule has 0 spiro atoms. The highest BCUT2D eigenvalue weighted by Gasteiger charge is 2.08. The number of nitrogens with zero attached hydrogens (tertiary/aromatic N) is 3. The Balaban J connectivity index is 1.94. The van der Waals surface area contributed by atoms with Crippen LogP contribution in [0.1, 0.15) is 11.3 Å². The van der Waals surface area contributed by atoms with E-state index in [1.807, 2.05) is 17.9 Å². The van der Waals surface area contributed by atoms with E-state index in [2.05, 4.69) is 22.3 Å². The number of amidine groups is 1. The van der Waals surface area contributed by atoms with Crippen LogP contribution in [0, 0.1) is 6.92 Å². The molecule has 0 aliphatic carbocycles. The molecule has 4 nitrogen and oxygen atoms in total. The van der Waals surface area contributed by atoms with Gasteiger partial charge in [0.15, 0.2) is 5.17 Å². The molecule has 0 unspecified atom stereocenters. The molecule has 5 heteroatoms. The summed E-state index contributed by atoms with van der Waals surface area (Å²) in [7, 11) is 1.96. The fourth-order valence-corrected chi connectivity index (χ4v) is 2.06. The highest BCUT2D eigenvalue weighted by Crippen LogP contribution is 2.11. The van der Waals surface area contributed by atoms with E-state index >= 15 is 0 Å². The molecule has 0 radical (unpaired) electrons. The van der Waals surface area contributed by atoms with Crippen molar-refractivity contribution in [2.45, 2.75) is 13.5 Å². The lowest BCUT2D eigenvalue weighted by atomic mass is 10.2. The van der Waals surface area contributed by atoms with Crippen LogP contribution in [0.2, 0.25) is 0 Å². The third kappa shape index (κ3) is 1.92. The van der Waals surface area contributed by atoms with E-state index in [1.165, 1.54) is 11.3 Å². The van der Waals surface area contributed by atoms with Gasteiger partial charge in [-0.3, -0.25) is 9.67 Å². The second kappa shape index (κ2) is 4.04. The number of nitrogens with one attached hydrogen (secondary N) is 1. The summed E-state index contributed by atoms with van der Waals surface area (Å²) >= 11 is 1.79. The van der Waals surface area contributed by atoms with Gasteiger partial charge in [0.1, 0.15) is 0 Å². The molecule has 0 amide bonds. The summed E-state index contributed by atoms with van der Waals surface area (Å²) in [6, 6.07) is 0. The first-order valence-corrected chi connectivity index (χ1v) is 5.64. The number of hydrogen-bond donors (Lipinski definition) is 1. The van der Waals surface area contributed by atoms with Gasteiger partial charge in [0.2, 0.25) is 0 Å². The molecule has 0 saturated carbocycles. The molecule has 2 rings (SSSR count). The maximum absolute atomic E-state index is 4.33. The number of aromatic nitrogens is 2. The summed E-state index contributed by atoms with van der Waals surface area (Å²) in [6.07, 6.45) is 1.91. The molecular formula is C9H14N4S. The minimum atomic E-state index is 0.825. The van der Waals surface area contributed by atoms with Crippen LogP contribution in [0.15, 0.2) is 11.2 Å². The van der Waals surface area contributed by atoms with Crippen LogP contribution in [0.4, 0.5) is 0 Å². The number of aliphatic imine (C=N–C) groups is 1. The molecule has 0 atom stereocenters. The molecule has 1 aliphatic heterocycles. The van der Waals surface area contributed by atoms with Crippen LogP contribution in [0.5, 0.6) is 0 Å². The lowest BCUT2D eigenvalue weighted by Crippen LogP contribution is -2.18. The number of thioether (sulfide) groups is 1. The van der Waals surface area contributed by atoms with Gasteiger partial charge < -0.3 is 5.32 Å². The Morgan fingerprint density at radius 1 is 1.64 bits per heavy atom. The van der Waals surface area contributed by atoms with Crippen LogP contribution >= 0.6 is 11.8 Å². The Morgan fingerprint density at radius 2 is 2.50 bits per heavy atom. The fraction of sp³-hybridized carbons (Fsp3) is 0.556. The maximum Gasteiger partial charge on any atom is 0.156 e. The fourth-order valence-electron chi connectivity index (χ4n) is 1.33. The molecule has 1 aromatic rings. The zero-order valence-electron chi connectivity index (χ0n) is 8.45. The molecule has 1 aliphatic rings. The van der Waals surface area contributed by atoms with Crippen LogP contribution in [0.3, 0.4) is 0 Å². The summed E-state index contributed by atoms with van der Waals surface area (Å²) < 4.78 is 1.89. The first kappa shape index (κ1) is 9.58. The van der Waals surface area contributed by atoms with Gasteiger partial charge in [-0.15, -0.1) is 0 Å². The number of aryl methyl sites for hydroxylation is 1. The quantitative estimate of drug-likeness (QED) is 0.789. The standard InChI is InChI=1S/C9H14N4S/c1-7-8(6-12-13(7)2)5-11-9-10-3-4-14-9/h6H,3-5H2,1-2H3,(H,10,11). The summed E-state index contributed by atoms with van der Waals surface area (Å²) in [5.74, 6) is 1.11. The number of hydrogen-bond acceptors (Lipinski definition) is 4. The smallest absolute Gasteiger partial charge is 0.156 e. The van der Waals surface area contributed by atoms with Crippen molar-refractivity contribution < 1.29 is 0 Å². The van der Waals surface area contributed by atoms with Crippen LogP contribution < -0.4 is 5.32 Å². The van der Waals surface area contributed by atoms with E-state index in [-0.39, 0.29) is 0 Å². The van der Waals surface area contributed by atoms with Crippen molar-refractivity contribution in [3.63, 3.8) is 0 Å². The molecule has 1 N–H and O–H groups in total. The maximum atomic E-state index is 4.33. The van der Waals surface area contributed by atoms with Crippen LogP contribution in [-0.4, -0.2) is 27.2 Å². The van der Waals surface area contributed by atoms with E-state index in [0.29, 0.717) is 0 Å². The zero-order chi connectivity index (χ0) is 9.97. The van der Waals surface area contributed by atoms with Gasteiger partial charge in [-0.05, 0) is 6.92 Å². The predicted molar refractivity (Wildman–Crippen MR) is 59.5 cm³/mol. The average molecular weight is 210 g/mol. The molecule has 14 heavy (non-hydrogen) atoms. The largest absolute Gasteiger partial charge is 0.361 e. The SMILES string of the molecule is Cc1c(CNC2=NCCS2)cnn1C. The van der Waals surface area contributed by atoms with Gasteiger partial charge in [0, 0.05) is 30.6 Å². The van der Waals surface area contributed by atoms with Gasteiger partial charge in [0.05, 0.1) is 12.7 Å². The van der Waals surface area contributed by atoms with Gasteiger partial charge in [-0.1, -0.05) is 11.8 Å². The Bertz CT molecular complexity index is 356. The van der Waals surface area contributed by atoms with Crippen molar-refractivity contribution in [1.82, 2.24) is 15.1 Å². The summed E-state index contributed by atoms with van der Waals surface area (Å²) in [5.41, 5.74) is 2.45. The van der Waals surface area contributed by atoms with E-state index in [1.54, 1.807) is 11.8 Å². The molecule has 2 heterocycles. The van der Waals surface area contributed by atoms with Gasteiger partial charge in [-0.25, -0.2) is 0 Å². The molecule has 76 valence electrons. The molecule has 0 aromatic carbocycles. The monoisotopic (exact) mass is 210 g/mol. The van der Waals surface area contributed by atoms with Gasteiger partial charge >= 0.3 is 0 Å². The predicted octanol–water partition coefficient (Wildman–Crippen LogP) is 0.921. The first-order chi connectivity index (χ1) is 6.77. The molecule has 0 bridgehead atoms. The van der Waals surface area contributed by atoms with Crippen molar-refractivity contribution >= 4 is 16.9 Å². The minimum absolute atomic E-state index is 0.825. The lowest BCUT2D eigenvalue weighted by molar-refractivity contribution is 0.736. The molecular weight excluding hydrogens is 196 g/mol. The van der Waals surface area contributed by atoms with E-state index in [9.17, 15) is 0 Å². The van der Waals surface area contributed by atoms with Crippen molar-refractivity contribution in [1.29, 1.82) is 0 Å². The highest BCUT2D eigenvalue weighted by atomic mass is 32.2. The molecule has 1 aromatic heterocycles. The minimum Gasteiger partial charge on any atom is -0.361 e.